The number of likely N-dealkylation sites (tertiary alicyclic amines) is 1. The Morgan fingerprint density at radius 3 is 2.55 bits per heavy atom. The lowest BCUT2D eigenvalue weighted by molar-refractivity contribution is -0.134. The van der Waals surface area contributed by atoms with E-state index in [0.717, 1.165) is 32.2 Å². The minimum Gasteiger partial charge on any atom is -0.485 e. The number of carbonyl (C=O) groups is 2. The van der Waals surface area contributed by atoms with Crippen LogP contribution < -0.4 is 4.74 Å². The Kier molecular flexibility index (Phi) is 9.15. The molecule has 0 aliphatic carbocycles. The highest BCUT2D eigenvalue weighted by Gasteiger charge is 2.38. The number of carbonyl (C=O) groups excluding carboxylic acids is 2. The van der Waals surface area contributed by atoms with Gasteiger partial charge in [-0.25, -0.2) is 0 Å². The van der Waals surface area contributed by atoms with Gasteiger partial charge in [0, 0.05) is 26.8 Å². The largest absolute Gasteiger partial charge is 0.485 e. The maximum atomic E-state index is 13.2. The van der Waals surface area contributed by atoms with Crippen molar-refractivity contribution in [2.24, 2.45) is 0 Å². The molecule has 1 fully saturated rings. The Morgan fingerprint density at radius 1 is 1.06 bits per heavy atom. The molecule has 2 aliphatic heterocycles. The maximum Gasteiger partial charge on any atom is 0.257 e. The van der Waals surface area contributed by atoms with Crippen LogP contribution in [0.1, 0.15) is 55.8 Å². The summed E-state index contributed by atoms with van der Waals surface area (Å²) in [5.74, 6) is 0.472. The molecule has 0 aromatic heterocycles. The fraction of sp³-hybridized carbons (Fsp3) is 0.667. The van der Waals surface area contributed by atoms with Crippen LogP contribution in [0.3, 0.4) is 0 Å². The van der Waals surface area contributed by atoms with E-state index >= 15 is 0 Å². The van der Waals surface area contributed by atoms with E-state index in [-0.39, 0.29) is 30.6 Å². The van der Waals surface area contributed by atoms with Gasteiger partial charge < -0.3 is 24.0 Å². The summed E-state index contributed by atoms with van der Waals surface area (Å²) in [6, 6.07) is 7.39. The third kappa shape index (κ3) is 6.43. The van der Waals surface area contributed by atoms with Crippen LogP contribution in [-0.4, -0.2) is 80.3 Å². The molecule has 0 N–H and O–H groups in total. The summed E-state index contributed by atoms with van der Waals surface area (Å²) < 4.78 is 17.5. The Hall–Kier alpha value is -2.12. The molecule has 7 nitrogen and oxygen atoms in total. The molecule has 0 bridgehead atoms. The first kappa shape index (κ1) is 23.5. The SMILES string of the molecule is CCN1CCCCCCCCO[C@@H]2CN(C(=O)COC)C[C@H]2Oc2ccccc2C1=O. The average molecular weight is 433 g/mol. The number of fused-ring (bicyclic) bond motifs is 2. The number of rotatable bonds is 3. The Morgan fingerprint density at radius 2 is 1.77 bits per heavy atom. The van der Waals surface area contributed by atoms with Crippen molar-refractivity contribution in [2.45, 2.75) is 57.7 Å². The third-order valence-electron chi connectivity index (χ3n) is 6.05. The molecule has 1 aromatic rings. The van der Waals surface area contributed by atoms with E-state index in [0.29, 0.717) is 37.6 Å². The van der Waals surface area contributed by atoms with Crippen molar-refractivity contribution in [3.8, 4) is 5.75 Å². The fourth-order valence-electron chi connectivity index (χ4n) is 4.27. The number of nitrogens with zero attached hydrogens (tertiary/aromatic N) is 2. The van der Waals surface area contributed by atoms with Crippen molar-refractivity contribution < 1.29 is 23.8 Å². The van der Waals surface area contributed by atoms with Gasteiger partial charge in [0.1, 0.15) is 24.6 Å². The zero-order chi connectivity index (χ0) is 22.1. The zero-order valence-corrected chi connectivity index (χ0v) is 18.9. The quantitative estimate of drug-likeness (QED) is 0.734. The lowest BCUT2D eigenvalue weighted by atomic mass is 10.1. The van der Waals surface area contributed by atoms with Crippen molar-refractivity contribution in [2.75, 3.05) is 46.5 Å². The molecule has 1 aromatic carbocycles. The first-order valence-electron chi connectivity index (χ1n) is 11.6. The van der Waals surface area contributed by atoms with E-state index in [1.807, 2.05) is 36.1 Å². The van der Waals surface area contributed by atoms with Gasteiger partial charge in [-0.1, -0.05) is 37.8 Å². The Labute approximate surface area is 185 Å². The number of hydrogen-bond donors (Lipinski definition) is 0. The first-order valence-corrected chi connectivity index (χ1v) is 11.6. The normalized spacial score (nSPS) is 23.7. The van der Waals surface area contributed by atoms with Gasteiger partial charge in [0.25, 0.3) is 5.91 Å². The molecule has 0 spiro atoms. The van der Waals surface area contributed by atoms with Crippen LogP contribution >= 0.6 is 0 Å². The van der Waals surface area contributed by atoms with Crippen LogP contribution in [0.25, 0.3) is 0 Å². The number of amides is 2. The molecule has 0 saturated carbocycles. The van der Waals surface area contributed by atoms with Crippen molar-refractivity contribution >= 4 is 11.8 Å². The summed E-state index contributed by atoms with van der Waals surface area (Å²) in [5, 5.41) is 0. The molecule has 2 atom stereocenters. The molecule has 172 valence electrons. The number of ether oxygens (including phenoxy) is 3. The second kappa shape index (κ2) is 12.1. The smallest absolute Gasteiger partial charge is 0.257 e. The van der Waals surface area contributed by atoms with E-state index in [9.17, 15) is 9.59 Å². The number of methoxy groups -OCH3 is 1. The first-order chi connectivity index (χ1) is 15.1. The highest BCUT2D eigenvalue weighted by atomic mass is 16.5. The standard InChI is InChI=1S/C24H36N2O5/c1-3-25-14-10-6-4-5-7-11-15-30-21-16-26(23(27)18-29-2)17-22(21)31-20-13-9-8-12-19(20)24(25)28/h8-9,12-13,21-22H,3-7,10-11,14-18H2,1-2H3/t21-,22-/m1/s1. The molecule has 2 heterocycles. The summed E-state index contributed by atoms with van der Waals surface area (Å²) in [4.78, 5) is 29.3. The Balaban J connectivity index is 1.82. The second-order valence-corrected chi connectivity index (χ2v) is 8.30. The predicted molar refractivity (Wildman–Crippen MR) is 118 cm³/mol. The molecule has 31 heavy (non-hydrogen) atoms. The molecule has 2 amide bonds. The Bertz CT molecular complexity index is 726. The van der Waals surface area contributed by atoms with Gasteiger partial charge in [-0.15, -0.1) is 0 Å². The molecule has 7 heteroatoms. The van der Waals surface area contributed by atoms with E-state index in [1.165, 1.54) is 20.0 Å². The van der Waals surface area contributed by atoms with E-state index in [1.54, 1.807) is 4.90 Å². The molecular weight excluding hydrogens is 396 g/mol. The zero-order valence-electron chi connectivity index (χ0n) is 18.9. The lowest BCUT2D eigenvalue weighted by Crippen LogP contribution is -2.35. The highest BCUT2D eigenvalue weighted by Crippen LogP contribution is 2.26. The van der Waals surface area contributed by atoms with Gasteiger partial charge >= 0.3 is 0 Å². The van der Waals surface area contributed by atoms with E-state index < -0.39 is 0 Å². The van der Waals surface area contributed by atoms with Crippen molar-refractivity contribution in [3.63, 3.8) is 0 Å². The van der Waals surface area contributed by atoms with Crippen LogP contribution in [0.4, 0.5) is 0 Å². The van der Waals surface area contributed by atoms with Gasteiger partial charge in [-0.2, -0.15) is 0 Å². The van der Waals surface area contributed by atoms with Gasteiger partial charge in [0.15, 0.2) is 0 Å². The maximum absolute atomic E-state index is 13.2. The van der Waals surface area contributed by atoms with E-state index in [2.05, 4.69) is 0 Å². The van der Waals surface area contributed by atoms with Gasteiger partial charge in [0.05, 0.1) is 18.7 Å². The van der Waals surface area contributed by atoms with Crippen molar-refractivity contribution in [1.29, 1.82) is 0 Å². The van der Waals surface area contributed by atoms with Crippen LogP contribution in [-0.2, 0) is 14.3 Å². The number of benzene rings is 1. The summed E-state index contributed by atoms with van der Waals surface area (Å²) in [7, 11) is 1.52. The van der Waals surface area contributed by atoms with Crippen LogP contribution in [0.5, 0.6) is 5.75 Å². The summed E-state index contributed by atoms with van der Waals surface area (Å²) in [6.45, 7) is 5.04. The highest BCUT2D eigenvalue weighted by molar-refractivity contribution is 5.97. The molecule has 0 radical (unpaired) electrons. The van der Waals surface area contributed by atoms with Crippen LogP contribution in [0.2, 0.25) is 0 Å². The van der Waals surface area contributed by atoms with Gasteiger partial charge in [0.2, 0.25) is 5.91 Å². The second-order valence-electron chi connectivity index (χ2n) is 8.30. The molecule has 3 rings (SSSR count). The van der Waals surface area contributed by atoms with Gasteiger partial charge in [-0.05, 0) is 31.9 Å². The molecule has 0 unspecified atom stereocenters. The minimum absolute atomic E-state index is 0.00650. The monoisotopic (exact) mass is 432 g/mol. The van der Waals surface area contributed by atoms with Crippen molar-refractivity contribution in [1.82, 2.24) is 9.80 Å². The average Bonchev–Trinajstić information content (AvgIpc) is 3.17. The molecule has 2 aliphatic rings. The molecule has 1 saturated heterocycles. The number of para-hydroxylation sites is 1. The topological polar surface area (TPSA) is 68.3 Å². The van der Waals surface area contributed by atoms with Crippen LogP contribution in [0.15, 0.2) is 24.3 Å². The van der Waals surface area contributed by atoms with Gasteiger partial charge in [-0.3, -0.25) is 9.59 Å². The summed E-state index contributed by atoms with van der Waals surface area (Å²) in [5.41, 5.74) is 0.567. The van der Waals surface area contributed by atoms with Crippen LogP contribution in [0, 0.1) is 0 Å². The minimum atomic E-state index is -0.322. The predicted octanol–water partition coefficient (Wildman–Crippen LogP) is 3.12. The molecular formula is C24H36N2O5. The summed E-state index contributed by atoms with van der Waals surface area (Å²) in [6.07, 6.45) is 6.09. The fourth-order valence-corrected chi connectivity index (χ4v) is 4.27. The summed E-state index contributed by atoms with van der Waals surface area (Å²) >= 11 is 0. The van der Waals surface area contributed by atoms with E-state index in [4.69, 9.17) is 14.2 Å². The van der Waals surface area contributed by atoms with Crippen molar-refractivity contribution in [3.05, 3.63) is 29.8 Å². The lowest BCUT2D eigenvalue weighted by Gasteiger charge is -2.25. The third-order valence-corrected chi connectivity index (χ3v) is 6.05. The number of hydrogen-bond acceptors (Lipinski definition) is 5.